The molecule has 0 nitrogen and oxygen atoms in total. The van der Waals surface area contributed by atoms with Gasteiger partial charge in [0.1, 0.15) is 0 Å². The highest BCUT2D eigenvalue weighted by Crippen LogP contribution is 2.65. The molecule has 0 spiro atoms. The van der Waals surface area contributed by atoms with Gasteiger partial charge < -0.3 is 0 Å². The minimum absolute atomic E-state index is 0.718. The van der Waals surface area contributed by atoms with Crippen LogP contribution in [0.15, 0.2) is 0 Å². The van der Waals surface area contributed by atoms with Crippen molar-refractivity contribution in [1.82, 2.24) is 0 Å². The largest absolute Gasteiger partial charge is 0.0654 e. The van der Waals surface area contributed by atoms with E-state index in [0.29, 0.717) is 0 Å². The highest BCUT2D eigenvalue weighted by Gasteiger charge is 2.59. The lowest BCUT2D eigenvalue weighted by molar-refractivity contribution is 0.262. The quantitative estimate of drug-likeness (QED) is 0.592. The Morgan fingerprint density at radius 2 is 1.67 bits per heavy atom. The second kappa shape index (κ2) is 3.40. The fourth-order valence-electron chi connectivity index (χ4n) is 3.49. The average molecular weight is 168 g/mol. The predicted octanol–water partition coefficient (Wildman–Crippen LogP) is 4.10. The Morgan fingerprint density at radius 1 is 1.17 bits per heavy atom. The summed E-state index contributed by atoms with van der Waals surface area (Å²) >= 11 is 0. The van der Waals surface area contributed by atoms with Gasteiger partial charge >= 0.3 is 0 Å². The smallest absolute Gasteiger partial charge is 0.0218 e. The van der Waals surface area contributed by atoms with E-state index in [0.717, 1.165) is 23.2 Å². The van der Waals surface area contributed by atoms with Crippen molar-refractivity contribution in [2.45, 2.75) is 53.9 Å². The zero-order valence-corrected chi connectivity index (χ0v) is 9.35. The summed E-state index contributed by atoms with van der Waals surface area (Å²) < 4.78 is 0. The Hall–Kier alpha value is 0. The first-order chi connectivity index (χ1) is 5.61. The molecule has 1 saturated carbocycles. The molecular weight excluding hydrogens is 144 g/mol. The van der Waals surface area contributed by atoms with Crippen molar-refractivity contribution >= 4 is 0 Å². The standard InChI is InChI=1S/C12H24/c1-6-8-9(3)12(7-2)10(4)11(12)5/h9-11H,6-8H2,1-5H3. The van der Waals surface area contributed by atoms with E-state index in [1.807, 2.05) is 0 Å². The van der Waals surface area contributed by atoms with Gasteiger partial charge in [-0.3, -0.25) is 0 Å². The van der Waals surface area contributed by atoms with Gasteiger partial charge in [-0.2, -0.15) is 0 Å². The van der Waals surface area contributed by atoms with Crippen molar-refractivity contribution in [3.05, 3.63) is 0 Å². The van der Waals surface area contributed by atoms with Crippen LogP contribution in [0.4, 0.5) is 0 Å². The minimum atomic E-state index is 0.718. The van der Waals surface area contributed by atoms with Crippen molar-refractivity contribution in [2.24, 2.45) is 23.2 Å². The summed E-state index contributed by atoms with van der Waals surface area (Å²) in [6.07, 6.45) is 4.15. The maximum absolute atomic E-state index is 2.45. The van der Waals surface area contributed by atoms with Crippen molar-refractivity contribution in [3.63, 3.8) is 0 Å². The Kier molecular flexibility index (Phi) is 2.85. The van der Waals surface area contributed by atoms with E-state index in [1.54, 1.807) is 0 Å². The van der Waals surface area contributed by atoms with Crippen LogP contribution in [0.5, 0.6) is 0 Å². The number of rotatable bonds is 4. The molecule has 0 aromatic heterocycles. The molecule has 0 aromatic carbocycles. The summed E-state index contributed by atoms with van der Waals surface area (Å²) in [5, 5.41) is 0. The molecule has 1 rings (SSSR count). The molecule has 12 heavy (non-hydrogen) atoms. The molecule has 0 aliphatic heterocycles. The molecule has 0 amide bonds. The van der Waals surface area contributed by atoms with Crippen LogP contribution in [-0.2, 0) is 0 Å². The van der Waals surface area contributed by atoms with E-state index >= 15 is 0 Å². The second-order valence-corrected chi connectivity index (χ2v) is 4.73. The molecule has 3 atom stereocenters. The molecule has 0 aromatic rings. The number of hydrogen-bond donors (Lipinski definition) is 0. The van der Waals surface area contributed by atoms with Crippen molar-refractivity contribution in [3.8, 4) is 0 Å². The molecule has 0 heteroatoms. The summed E-state index contributed by atoms with van der Waals surface area (Å²) in [6.45, 7) is 12.0. The predicted molar refractivity (Wildman–Crippen MR) is 55.1 cm³/mol. The van der Waals surface area contributed by atoms with Gasteiger partial charge in [-0.1, -0.05) is 47.5 Å². The van der Waals surface area contributed by atoms with Gasteiger partial charge in [-0.25, -0.2) is 0 Å². The van der Waals surface area contributed by atoms with Gasteiger partial charge in [0.05, 0.1) is 0 Å². The first kappa shape index (κ1) is 10.1. The SMILES string of the molecule is CCCC(C)C1(CC)C(C)C1C. The van der Waals surface area contributed by atoms with E-state index in [2.05, 4.69) is 34.6 Å². The van der Waals surface area contributed by atoms with Crippen LogP contribution < -0.4 is 0 Å². The van der Waals surface area contributed by atoms with Gasteiger partial charge in [-0.05, 0) is 29.6 Å². The fraction of sp³-hybridized carbons (Fsp3) is 1.00. The van der Waals surface area contributed by atoms with E-state index in [1.165, 1.54) is 19.3 Å². The monoisotopic (exact) mass is 168 g/mol. The Balaban J connectivity index is 2.58. The Labute approximate surface area is 77.7 Å². The average Bonchev–Trinajstić information content (AvgIpc) is 2.57. The lowest BCUT2D eigenvalue weighted by atomic mass is 9.82. The topological polar surface area (TPSA) is 0 Å². The third-order valence-electron chi connectivity index (χ3n) is 4.59. The van der Waals surface area contributed by atoms with Crippen LogP contribution in [0.1, 0.15) is 53.9 Å². The van der Waals surface area contributed by atoms with E-state index in [-0.39, 0.29) is 0 Å². The lowest BCUT2D eigenvalue weighted by Crippen LogP contribution is -2.15. The Morgan fingerprint density at radius 3 is 1.92 bits per heavy atom. The summed E-state index contributed by atoms with van der Waals surface area (Å²) in [6, 6.07) is 0. The zero-order chi connectivity index (χ0) is 9.35. The van der Waals surface area contributed by atoms with Gasteiger partial charge in [0, 0.05) is 0 Å². The van der Waals surface area contributed by atoms with Crippen LogP contribution >= 0.6 is 0 Å². The van der Waals surface area contributed by atoms with Gasteiger partial charge in [0.25, 0.3) is 0 Å². The van der Waals surface area contributed by atoms with Crippen molar-refractivity contribution in [1.29, 1.82) is 0 Å². The lowest BCUT2D eigenvalue weighted by Gasteiger charge is -2.23. The molecule has 0 bridgehead atoms. The highest BCUT2D eigenvalue weighted by atomic mass is 14.6. The molecule has 1 aliphatic carbocycles. The first-order valence-corrected chi connectivity index (χ1v) is 5.61. The maximum atomic E-state index is 2.45. The summed E-state index contributed by atoms with van der Waals surface area (Å²) in [7, 11) is 0. The maximum Gasteiger partial charge on any atom is -0.0218 e. The minimum Gasteiger partial charge on any atom is -0.0654 e. The van der Waals surface area contributed by atoms with Crippen LogP contribution in [-0.4, -0.2) is 0 Å². The van der Waals surface area contributed by atoms with E-state index < -0.39 is 0 Å². The normalized spacial score (nSPS) is 42.8. The molecule has 1 fully saturated rings. The van der Waals surface area contributed by atoms with Crippen molar-refractivity contribution < 1.29 is 0 Å². The third-order valence-corrected chi connectivity index (χ3v) is 4.59. The number of hydrogen-bond acceptors (Lipinski definition) is 0. The highest BCUT2D eigenvalue weighted by molar-refractivity contribution is 5.07. The Bertz CT molecular complexity index is 140. The molecule has 0 N–H and O–H groups in total. The zero-order valence-electron chi connectivity index (χ0n) is 9.35. The molecular formula is C12H24. The molecule has 0 saturated heterocycles. The van der Waals surface area contributed by atoms with Crippen LogP contribution in [0.3, 0.4) is 0 Å². The van der Waals surface area contributed by atoms with Crippen LogP contribution in [0.25, 0.3) is 0 Å². The molecule has 3 unspecified atom stereocenters. The summed E-state index contributed by atoms with van der Waals surface area (Å²) in [4.78, 5) is 0. The fourth-order valence-corrected chi connectivity index (χ4v) is 3.49. The van der Waals surface area contributed by atoms with Gasteiger partial charge in [0.15, 0.2) is 0 Å². The third kappa shape index (κ3) is 1.20. The van der Waals surface area contributed by atoms with Crippen LogP contribution in [0.2, 0.25) is 0 Å². The van der Waals surface area contributed by atoms with Gasteiger partial charge in [-0.15, -0.1) is 0 Å². The summed E-state index contributed by atoms with van der Waals surface area (Å²) in [5.41, 5.74) is 0.718. The molecule has 0 heterocycles. The molecule has 72 valence electrons. The van der Waals surface area contributed by atoms with Crippen molar-refractivity contribution in [2.75, 3.05) is 0 Å². The van der Waals surface area contributed by atoms with E-state index in [9.17, 15) is 0 Å². The molecule has 0 radical (unpaired) electrons. The molecule has 1 aliphatic rings. The van der Waals surface area contributed by atoms with Gasteiger partial charge in [0.2, 0.25) is 0 Å². The second-order valence-electron chi connectivity index (χ2n) is 4.73. The first-order valence-electron chi connectivity index (χ1n) is 5.61. The summed E-state index contributed by atoms with van der Waals surface area (Å²) in [5.74, 6) is 2.89. The van der Waals surface area contributed by atoms with Crippen LogP contribution in [0, 0.1) is 23.2 Å². The van der Waals surface area contributed by atoms with E-state index in [4.69, 9.17) is 0 Å².